The molecule has 0 unspecified atom stereocenters. The van der Waals surface area contributed by atoms with Gasteiger partial charge in [-0.05, 0) is 42.0 Å². The van der Waals surface area contributed by atoms with E-state index < -0.39 is 0 Å². The zero-order valence-corrected chi connectivity index (χ0v) is 16.2. The van der Waals surface area contributed by atoms with Crippen LogP contribution in [0.15, 0.2) is 48.5 Å². The summed E-state index contributed by atoms with van der Waals surface area (Å²) in [6.07, 6.45) is 0. The minimum atomic E-state index is -0.0786. The monoisotopic (exact) mass is 398 g/mol. The molecule has 28 heavy (non-hydrogen) atoms. The number of rotatable bonds is 3. The van der Waals surface area contributed by atoms with Gasteiger partial charge in [0.1, 0.15) is 0 Å². The molecule has 4 rings (SSSR count). The second kappa shape index (κ2) is 8.35. The van der Waals surface area contributed by atoms with E-state index >= 15 is 0 Å². The first-order chi connectivity index (χ1) is 13.7. The van der Waals surface area contributed by atoms with E-state index in [2.05, 4.69) is 15.5 Å². The van der Waals surface area contributed by atoms with Crippen molar-refractivity contribution in [3.8, 4) is 11.5 Å². The van der Waals surface area contributed by atoms with Crippen LogP contribution in [-0.2, 0) is 6.54 Å². The summed E-state index contributed by atoms with van der Waals surface area (Å²) in [5.74, 6) is 1.54. The lowest BCUT2D eigenvalue weighted by Crippen LogP contribution is -2.53. The Kier molecular flexibility index (Phi) is 5.48. The Morgan fingerprint density at radius 3 is 2.46 bits per heavy atom. The number of carbonyl (C=O) groups excluding carboxylic acids is 1. The molecule has 2 N–H and O–H groups in total. The van der Waals surface area contributed by atoms with Crippen LogP contribution in [0.1, 0.15) is 5.56 Å². The van der Waals surface area contributed by atoms with Crippen LogP contribution in [0.2, 0.25) is 0 Å². The van der Waals surface area contributed by atoms with Gasteiger partial charge in [0, 0.05) is 38.4 Å². The average Bonchev–Trinajstić information content (AvgIpc) is 3.21. The summed E-state index contributed by atoms with van der Waals surface area (Å²) in [4.78, 5) is 16.3. The predicted molar refractivity (Wildman–Crippen MR) is 111 cm³/mol. The summed E-state index contributed by atoms with van der Waals surface area (Å²) in [5, 5.41) is 6.90. The zero-order chi connectivity index (χ0) is 19.3. The number of hydrogen-bond donors (Lipinski definition) is 2. The van der Waals surface area contributed by atoms with Gasteiger partial charge < -0.3 is 29.9 Å². The molecule has 146 valence electrons. The Morgan fingerprint density at radius 2 is 1.68 bits per heavy atom. The fourth-order valence-corrected chi connectivity index (χ4v) is 3.43. The number of para-hydroxylation sites is 1. The molecule has 8 heteroatoms. The Balaban J connectivity index is 1.23. The van der Waals surface area contributed by atoms with Crippen molar-refractivity contribution < 1.29 is 14.3 Å². The van der Waals surface area contributed by atoms with E-state index in [4.69, 9.17) is 21.7 Å². The normalized spacial score (nSPS) is 15.3. The van der Waals surface area contributed by atoms with Crippen molar-refractivity contribution in [3.63, 3.8) is 0 Å². The highest BCUT2D eigenvalue weighted by atomic mass is 32.1. The third-order valence-corrected chi connectivity index (χ3v) is 5.16. The minimum Gasteiger partial charge on any atom is -0.454 e. The first-order valence-electron chi connectivity index (χ1n) is 9.21. The number of piperazine rings is 1. The van der Waals surface area contributed by atoms with Gasteiger partial charge in [-0.2, -0.15) is 0 Å². The third kappa shape index (κ3) is 4.28. The van der Waals surface area contributed by atoms with Crippen molar-refractivity contribution >= 4 is 29.0 Å². The summed E-state index contributed by atoms with van der Waals surface area (Å²) in [7, 11) is 0. The highest BCUT2D eigenvalue weighted by Crippen LogP contribution is 2.32. The van der Waals surface area contributed by atoms with Gasteiger partial charge in [0.2, 0.25) is 6.79 Å². The van der Waals surface area contributed by atoms with Crippen LogP contribution in [-0.4, -0.2) is 53.9 Å². The standard InChI is InChI=1S/C20H22N4O3S/c25-19(22-16-4-2-1-3-5-16)23-8-10-24(11-9-23)20(28)21-13-15-6-7-17-18(12-15)27-14-26-17/h1-7,12H,8-11,13-14H2,(H,21,28)(H,22,25). The third-order valence-electron chi connectivity index (χ3n) is 4.76. The molecule has 2 aliphatic rings. The van der Waals surface area contributed by atoms with Crippen LogP contribution in [0.5, 0.6) is 11.5 Å². The van der Waals surface area contributed by atoms with Crippen molar-refractivity contribution in [2.45, 2.75) is 6.54 Å². The summed E-state index contributed by atoms with van der Waals surface area (Å²) in [6.45, 7) is 3.55. The van der Waals surface area contributed by atoms with E-state index in [1.165, 1.54) is 0 Å². The molecule has 0 atom stereocenters. The number of fused-ring (bicyclic) bond motifs is 1. The Hall–Kier alpha value is -3.00. The van der Waals surface area contributed by atoms with Crippen molar-refractivity contribution in [2.24, 2.45) is 0 Å². The van der Waals surface area contributed by atoms with Crippen molar-refractivity contribution in [1.82, 2.24) is 15.1 Å². The van der Waals surface area contributed by atoms with Crippen molar-refractivity contribution in [3.05, 3.63) is 54.1 Å². The summed E-state index contributed by atoms with van der Waals surface area (Å²) >= 11 is 5.52. The minimum absolute atomic E-state index is 0.0786. The van der Waals surface area contributed by atoms with Crippen LogP contribution in [0.4, 0.5) is 10.5 Å². The first-order valence-corrected chi connectivity index (χ1v) is 9.62. The number of hydrogen-bond acceptors (Lipinski definition) is 4. The molecule has 2 aliphatic heterocycles. The van der Waals surface area contributed by atoms with Gasteiger partial charge in [0.25, 0.3) is 0 Å². The van der Waals surface area contributed by atoms with E-state index in [0.29, 0.717) is 37.8 Å². The molecular formula is C20H22N4O3S. The SMILES string of the molecule is O=C(Nc1ccccc1)N1CCN(C(=S)NCc2ccc3c(c2)OCO3)CC1. The summed E-state index contributed by atoms with van der Waals surface area (Å²) in [5.41, 5.74) is 1.88. The summed E-state index contributed by atoms with van der Waals surface area (Å²) in [6, 6.07) is 15.3. The van der Waals surface area contributed by atoms with Gasteiger partial charge >= 0.3 is 6.03 Å². The molecule has 1 fully saturated rings. The number of ether oxygens (including phenoxy) is 2. The molecule has 2 aromatic rings. The van der Waals surface area contributed by atoms with Gasteiger partial charge in [-0.3, -0.25) is 0 Å². The number of benzene rings is 2. The number of anilines is 1. The fraction of sp³-hybridized carbons (Fsp3) is 0.300. The molecular weight excluding hydrogens is 376 g/mol. The molecule has 0 saturated carbocycles. The quantitative estimate of drug-likeness (QED) is 0.775. The Morgan fingerprint density at radius 1 is 0.964 bits per heavy atom. The molecule has 0 aromatic heterocycles. The Bertz CT molecular complexity index is 854. The first kappa shape index (κ1) is 18.4. The van der Waals surface area contributed by atoms with Gasteiger partial charge in [0.15, 0.2) is 16.6 Å². The van der Waals surface area contributed by atoms with E-state index in [-0.39, 0.29) is 12.8 Å². The highest BCUT2D eigenvalue weighted by molar-refractivity contribution is 7.80. The van der Waals surface area contributed by atoms with Crippen LogP contribution in [0.3, 0.4) is 0 Å². The van der Waals surface area contributed by atoms with E-state index in [9.17, 15) is 4.79 Å². The van der Waals surface area contributed by atoms with E-state index in [1.54, 1.807) is 0 Å². The summed E-state index contributed by atoms with van der Waals surface area (Å²) < 4.78 is 10.7. The van der Waals surface area contributed by atoms with Gasteiger partial charge in [-0.15, -0.1) is 0 Å². The average molecular weight is 398 g/mol. The van der Waals surface area contributed by atoms with Gasteiger partial charge in [-0.25, -0.2) is 4.79 Å². The predicted octanol–water partition coefficient (Wildman–Crippen LogP) is 2.64. The van der Waals surface area contributed by atoms with Crippen molar-refractivity contribution in [2.75, 3.05) is 38.3 Å². The molecule has 0 aliphatic carbocycles. The number of thiocarbonyl (C=S) groups is 1. The van der Waals surface area contributed by atoms with Crippen LogP contribution >= 0.6 is 12.2 Å². The van der Waals surface area contributed by atoms with Crippen molar-refractivity contribution in [1.29, 1.82) is 0 Å². The lowest BCUT2D eigenvalue weighted by atomic mass is 10.2. The second-order valence-electron chi connectivity index (χ2n) is 6.62. The van der Waals surface area contributed by atoms with E-state index in [1.807, 2.05) is 53.4 Å². The van der Waals surface area contributed by atoms with E-state index in [0.717, 1.165) is 22.7 Å². The number of urea groups is 1. The maximum Gasteiger partial charge on any atom is 0.321 e. The largest absolute Gasteiger partial charge is 0.454 e. The maximum atomic E-state index is 12.4. The van der Waals surface area contributed by atoms with Gasteiger partial charge in [0.05, 0.1) is 0 Å². The lowest BCUT2D eigenvalue weighted by Gasteiger charge is -2.36. The lowest BCUT2D eigenvalue weighted by molar-refractivity contribution is 0.174. The molecule has 0 spiro atoms. The smallest absolute Gasteiger partial charge is 0.321 e. The number of carbonyl (C=O) groups is 1. The topological polar surface area (TPSA) is 66.1 Å². The van der Waals surface area contributed by atoms with Crippen LogP contribution in [0.25, 0.3) is 0 Å². The van der Waals surface area contributed by atoms with Crippen LogP contribution < -0.4 is 20.1 Å². The fourth-order valence-electron chi connectivity index (χ4n) is 3.18. The number of nitrogens with zero attached hydrogens (tertiary/aromatic N) is 2. The molecule has 0 bridgehead atoms. The highest BCUT2D eigenvalue weighted by Gasteiger charge is 2.22. The molecule has 7 nitrogen and oxygen atoms in total. The maximum absolute atomic E-state index is 12.4. The number of amides is 2. The molecule has 0 radical (unpaired) electrons. The molecule has 2 aromatic carbocycles. The molecule has 1 saturated heterocycles. The zero-order valence-electron chi connectivity index (χ0n) is 15.4. The molecule has 2 amide bonds. The second-order valence-corrected chi connectivity index (χ2v) is 7.00. The molecule has 2 heterocycles. The Labute approximate surface area is 169 Å². The number of nitrogens with one attached hydrogen (secondary N) is 2. The van der Waals surface area contributed by atoms with Crippen LogP contribution in [0, 0.1) is 0 Å². The van der Waals surface area contributed by atoms with Gasteiger partial charge in [-0.1, -0.05) is 24.3 Å².